The van der Waals surface area contributed by atoms with E-state index in [9.17, 15) is 4.79 Å². The summed E-state index contributed by atoms with van der Waals surface area (Å²) >= 11 is 0. The first kappa shape index (κ1) is 18.0. The second-order valence-corrected chi connectivity index (χ2v) is 8.15. The third kappa shape index (κ3) is 2.47. The van der Waals surface area contributed by atoms with Crippen LogP contribution in [-0.2, 0) is 0 Å². The highest BCUT2D eigenvalue weighted by atomic mass is 16.1. The first-order chi connectivity index (χ1) is 16.3. The molecule has 0 saturated heterocycles. The highest BCUT2D eigenvalue weighted by Gasteiger charge is 2.22. The molecule has 156 valence electrons. The van der Waals surface area contributed by atoms with Crippen molar-refractivity contribution in [2.45, 2.75) is 0 Å². The van der Waals surface area contributed by atoms with Crippen LogP contribution in [0.2, 0.25) is 0 Å². The lowest BCUT2D eigenvalue weighted by Crippen LogP contribution is -2.08. The van der Waals surface area contributed by atoms with Gasteiger partial charge in [0, 0.05) is 16.5 Å². The monoisotopic (exact) mass is 426 g/mol. The number of H-pyrrole nitrogens is 1. The molecule has 5 heteroatoms. The third-order valence-corrected chi connectivity index (χ3v) is 6.28. The summed E-state index contributed by atoms with van der Waals surface area (Å²) < 4.78 is 4.22. The van der Waals surface area contributed by atoms with Crippen LogP contribution in [0.4, 0.5) is 0 Å². The number of imidazole rings is 1. The van der Waals surface area contributed by atoms with E-state index in [0.29, 0.717) is 10.8 Å². The lowest BCUT2D eigenvalue weighted by molar-refractivity contribution is 0.947. The maximum Gasteiger partial charge on any atom is 0.221 e. The van der Waals surface area contributed by atoms with Gasteiger partial charge in [-0.2, -0.15) is 0 Å². The van der Waals surface area contributed by atoms with Gasteiger partial charge in [0.15, 0.2) is 5.43 Å². The fourth-order valence-electron chi connectivity index (χ4n) is 4.84. The molecule has 0 aliphatic rings. The first-order valence-corrected chi connectivity index (χ1v) is 10.9. The van der Waals surface area contributed by atoms with E-state index in [4.69, 9.17) is 4.98 Å². The van der Waals surface area contributed by atoms with Crippen molar-refractivity contribution < 1.29 is 0 Å². The molecule has 0 fully saturated rings. The summed E-state index contributed by atoms with van der Waals surface area (Å²) in [4.78, 5) is 22.2. The molecule has 0 amide bonds. The number of aromatic amines is 1. The van der Waals surface area contributed by atoms with E-state index in [1.165, 1.54) is 0 Å². The standard InChI is InChI=1S/C28H18N4O/c33-26-19-12-4-6-14-21(19)29-27-25(26)20-13-5-8-16-23(20)32(27)28-30-22-15-7-9-17-24(22)31(28)18-10-2-1-3-11-18/h1-17H,(H,29,33). The number of rotatable bonds is 2. The van der Waals surface area contributed by atoms with Crippen LogP contribution in [0.5, 0.6) is 0 Å². The fraction of sp³-hybridized carbons (Fsp3) is 0. The van der Waals surface area contributed by atoms with Gasteiger partial charge in [0.1, 0.15) is 5.65 Å². The Hall–Kier alpha value is -4.64. The third-order valence-electron chi connectivity index (χ3n) is 6.28. The van der Waals surface area contributed by atoms with E-state index < -0.39 is 0 Å². The highest BCUT2D eigenvalue weighted by Crippen LogP contribution is 2.33. The summed E-state index contributed by atoms with van der Waals surface area (Å²) in [6, 6.07) is 34.0. The van der Waals surface area contributed by atoms with Crippen LogP contribution >= 0.6 is 0 Å². The lowest BCUT2D eigenvalue weighted by atomic mass is 10.1. The molecule has 0 atom stereocenters. The molecular weight excluding hydrogens is 408 g/mol. The molecule has 0 saturated carbocycles. The zero-order chi connectivity index (χ0) is 21.9. The summed E-state index contributed by atoms with van der Waals surface area (Å²) in [5.74, 6) is 0.736. The molecule has 0 unspecified atom stereocenters. The largest absolute Gasteiger partial charge is 0.340 e. The molecule has 0 aliphatic carbocycles. The predicted octanol–water partition coefficient (Wildman–Crippen LogP) is 5.96. The summed E-state index contributed by atoms with van der Waals surface area (Å²) in [5.41, 5.74) is 5.42. The van der Waals surface area contributed by atoms with Crippen molar-refractivity contribution in [1.82, 2.24) is 19.1 Å². The van der Waals surface area contributed by atoms with Crippen LogP contribution in [0.1, 0.15) is 0 Å². The molecule has 33 heavy (non-hydrogen) atoms. The van der Waals surface area contributed by atoms with Crippen molar-refractivity contribution >= 4 is 43.9 Å². The van der Waals surface area contributed by atoms with Gasteiger partial charge >= 0.3 is 0 Å². The van der Waals surface area contributed by atoms with Crippen molar-refractivity contribution in [3.05, 3.63) is 113 Å². The van der Waals surface area contributed by atoms with E-state index in [-0.39, 0.29) is 5.43 Å². The van der Waals surface area contributed by atoms with Crippen LogP contribution in [0, 0.1) is 0 Å². The van der Waals surface area contributed by atoms with Crippen molar-refractivity contribution in [1.29, 1.82) is 0 Å². The van der Waals surface area contributed by atoms with Crippen LogP contribution in [0.15, 0.2) is 108 Å². The van der Waals surface area contributed by atoms with Gasteiger partial charge in [0.05, 0.1) is 27.5 Å². The topological polar surface area (TPSA) is 55.6 Å². The molecule has 0 aliphatic heterocycles. The number of para-hydroxylation sites is 5. The minimum atomic E-state index is 0.0247. The molecule has 1 N–H and O–H groups in total. The molecule has 0 spiro atoms. The number of nitrogens with zero attached hydrogens (tertiary/aromatic N) is 3. The van der Waals surface area contributed by atoms with Gasteiger partial charge in [0.2, 0.25) is 5.95 Å². The number of hydrogen-bond acceptors (Lipinski definition) is 2. The van der Waals surface area contributed by atoms with Crippen LogP contribution in [-0.4, -0.2) is 19.1 Å². The Kier molecular flexibility index (Phi) is 3.64. The SMILES string of the molecule is O=c1c2ccccc2[nH]c2c1c1ccccc1n2-c1nc2ccccc2n1-c1ccccc1. The van der Waals surface area contributed by atoms with Gasteiger partial charge in [-0.25, -0.2) is 4.98 Å². The summed E-state index contributed by atoms with van der Waals surface area (Å²) in [7, 11) is 0. The Morgan fingerprint density at radius 1 is 0.636 bits per heavy atom. The van der Waals surface area contributed by atoms with Gasteiger partial charge in [0.25, 0.3) is 0 Å². The predicted molar refractivity (Wildman–Crippen MR) is 134 cm³/mol. The van der Waals surface area contributed by atoms with Crippen LogP contribution in [0.3, 0.4) is 0 Å². The number of aromatic nitrogens is 4. The smallest absolute Gasteiger partial charge is 0.221 e. The quantitative estimate of drug-likeness (QED) is 0.371. The van der Waals surface area contributed by atoms with Crippen molar-refractivity contribution in [3.8, 4) is 11.6 Å². The number of benzene rings is 4. The second kappa shape index (κ2) is 6.68. The zero-order valence-corrected chi connectivity index (χ0v) is 17.6. The van der Waals surface area contributed by atoms with Gasteiger partial charge in [-0.3, -0.25) is 13.9 Å². The summed E-state index contributed by atoms with van der Waals surface area (Å²) in [5, 5.41) is 2.27. The Morgan fingerprint density at radius 3 is 2.15 bits per heavy atom. The highest BCUT2D eigenvalue weighted by molar-refractivity contribution is 6.10. The van der Waals surface area contributed by atoms with Gasteiger partial charge in [-0.05, 0) is 42.5 Å². The van der Waals surface area contributed by atoms with Gasteiger partial charge in [-0.15, -0.1) is 0 Å². The van der Waals surface area contributed by atoms with E-state index in [0.717, 1.165) is 44.7 Å². The van der Waals surface area contributed by atoms with Crippen LogP contribution < -0.4 is 5.43 Å². The normalized spacial score (nSPS) is 11.8. The van der Waals surface area contributed by atoms with Crippen molar-refractivity contribution in [3.63, 3.8) is 0 Å². The Labute approximate surface area is 188 Å². The van der Waals surface area contributed by atoms with Gasteiger partial charge < -0.3 is 4.98 Å². The molecule has 7 aromatic rings. The molecule has 4 aromatic carbocycles. The average molecular weight is 426 g/mol. The van der Waals surface area contributed by atoms with E-state index in [1.54, 1.807) is 0 Å². The molecule has 5 nitrogen and oxygen atoms in total. The summed E-state index contributed by atoms with van der Waals surface area (Å²) in [6.07, 6.45) is 0. The average Bonchev–Trinajstić information content (AvgIpc) is 3.40. The number of pyridine rings is 1. The van der Waals surface area contributed by atoms with E-state index in [2.05, 4.69) is 32.3 Å². The van der Waals surface area contributed by atoms with Crippen molar-refractivity contribution in [2.24, 2.45) is 0 Å². The minimum absolute atomic E-state index is 0.0247. The molecular formula is C28H18N4O. The van der Waals surface area contributed by atoms with E-state index in [1.807, 2.05) is 84.9 Å². The maximum atomic E-state index is 13.6. The lowest BCUT2D eigenvalue weighted by Gasteiger charge is -2.12. The van der Waals surface area contributed by atoms with Gasteiger partial charge in [-0.1, -0.05) is 60.7 Å². The second-order valence-electron chi connectivity index (χ2n) is 8.15. The maximum absolute atomic E-state index is 13.6. The molecule has 7 rings (SSSR count). The Bertz CT molecular complexity index is 1890. The first-order valence-electron chi connectivity index (χ1n) is 10.9. The number of fused-ring (bicyclic) bond motifs is 5. The minimum Gasteiger partial charge on any atom is -0.340 e. The Morgan fingerprint density at radius 2 is 1.30 bits per heavy atom. The summed E-state index contributed by atoms with van der Waals surface area (Å²) in [6.45, 7) is 0. The number of hydrogen-bond donors (Lipinski definition) is 1. The molecule has 0 bridgehead atoms. The fourth-order valence-corrected chi connectivity index (χ4v) is 4.84. The molecule has 3 aromatic heterocycles. The van der Waals surface area contributed by atoms with Crippen LogP contribution in [0.25, 0.3) is 55.5 Å². The molecule has 3 heterocycles. The Balaban J connectivity index is 1.72. The number of nitrogens with one attached hydrogen (secondary N) is 1. The van der Waals surface area contributed by atoms with Crippen molar-refractivity contribution in [2.75, 3.05) is 0 Å². The zero-order valence-electron chi connectivity index (χ0n) is 17.6. The van der Waals surface area contributed by atoms with E-state index >= 15 is 0 Å². The molecule has 0 radical (unpaired) electrons.